The van der Waals surface area contributed by atoms with E-state index in [4.69, 9.17) is 5.11 Å². The van der Waals surface area contributed by atoms with Crippen LogP contribution in [0.15, 0.2) is 53.9 Å². The average Bonchev–Trinajstić information content (AvgIpc) is 2.89. The summed E-state index contributed by atoms with van der Waals surface area (Å²) in [5, 5.41) is 14.7. The normalized spacial score (nSPS) is 19.4. The third-order valence-electron chi connectivity index (χ3n) is 4.05. The molecule has 0 aromatic carbocycles. The highest BCUT2D eigenvalue weighted by molar-refractivity contribution is 5.93. The number of hydrogen-bond donors (Lipinski definition) is 2. The minimum atomic E-state index is -4.64. The Bertz CT molecular complexity index is 876. The van der Waals surface area contributed by atoms with Crippen molar-refractivity contribution in [3.05, 3.63) is 65.3 Å². The Morgan fingerprint density at radius 2 is 2.07 bits per heavy atom. The van der Waals surface area contributed by atoms with Crippen molar-refractivity contribution in [1.29, 1.82) is 0 Å². The van der Waals surface area contributed by atoms with Crippen molar-refractivity contribution in [2.75, 3.05) is 13.6 Å². The number of allylic oxidation sites excluding steroid dienone is 1. The first-order chi connectivity index (χ1) is 12.6. The van der Waals surface area contributed by atoms with E-state index < -0.39 is 23.7 Å². The monoisotopic (exact) mass is 380 g/mol. The first-order valence-corrected chi connectivity index (χ1v) is 7.83. The molecule has 27 heavy (non-hydrogen) atoms. The van der Waals surface area contributed by atoms with Crippen LogP contribution in [0.1, 0.15) is 16.2 Å². The summed E-state index contributed by atoms with van der Waals surface area (Å²) in [7, 11) is 1.73. The molecule has 2 aliphatic rings. The van der Waals surface area contributed by atoms with Gasteiger partial charge in [-0.2, -0.15) is 13.2 Å². The molecule has 1 aliphatic heterocycles. The summed E-state index contributed by atoms with van der Waals surface area (Å²) in [6.45, 7) is -0.214. The lowest BCUT2D eigenvalue weighted by atomic mass is 10.0. The molecule has 1 aromatic rings. The molecule has 142 valence electrons. The molecular weight excluding hydrogens is 365 g/mol. The van der Waals surface area contributed by atoms with Crippen LogP contribution < -0.4 is 5.32 Å². The Kier molecular flexibility index (Phi) is 4.75. The number of carboxylic acid groups (broad SMARTS) is 1. The summed E-state index contributed by atoms with van der Waals surface area (Å²) in [5.41, 5.74) is -0.389. The summed E-state index contributed by atoms with van der Waals surface area (Å²) in [5.74, 6) is -1.76. The maximum atomic E-state index is 12.7. The number of fused-ring (bicyclic) bond motifs is 1. The number of aliphatic carboxylic acids is 1. The number of amides is 1. The fourth-order valence-corrected chi connectivity index (χ4v) is 2.78. The van der Waals surface area contributed by atoms with Gasteiger partial charge in [0.25, 0.3) is 5.91 Å². The maximum Gasteiger partial charge on any atom is 0.433 e. The van der Waals surface area contributed by atoms with Crippen LogP contribution in [0.3, 0.4) is 0 Å². The molecule has 0 bridgehead atoms. The molecule has 3 rings (SSSR count). The summed E-state index contributed by atoms with van der Waals surface area (Å²) in [6, 6.07) is 2.91. The Balaban J connectivity index is 1.75. The van der Waals surface area contributed by atoms with E-state index in [1.807, 2.05) is 0 Å². The van der Waals surface area contributed by atoms with Crippen LogP contribution in [0.4, 0.5) is 13.2 Å². The lowest BCUT2D eigenvalue weighted by Gasteiger charge is -2.28. The molecule has 1 amide bonds. The van der Waals surface area contributed by atoms with Gasteiger partial charge in [-0.15, -0.1) is 0 Å². The molecule has 1 aromatic heterocycles. The highest BCUT2D eigenvalue weighted by atomic mass is 19.4. The number of halogens is 3. The van der Waals surface area contributed by atoms with Gasteiger partial charge in [0.05, 0.1) is 6.04 Å². The van der Waals surface area contributed by atoms with E-state index in [0.717, 1.165) is 17.7 Å². The fraction of sp³-hybridized carbons (Fsp3) is 0.235. The van der Waals surface area contributed by atoms with Gasteiger partial charge in [-0.05, 0) is 29.9 Å². The molecule has 0 fully saturated rings. The van der Waals surface area contributed by atoms with Crippen LogP contribution in [-0.4, -0.2) is 51.6 Å². The van der Waals surface area contributed by atoms with E-state index >= 15 is 0 Å². The number of nitrogens with zero attached hydrogens (tertiary/aromatic N) is 3. The van der Waals surface area contributed by atoms with Gasteiger partial charge in [-0.1, -0.05) is 12.1 Å². The van der Waals surface area contributed by atoms with Crippen LogP contribution in [0.5, 0.6) is 0 Å². The predicted molar refractivity (Wildman–Crippen MR) is 87.9 cm³/mol. The van der Waals surface area contributed by atoms with Gasteiger partial charge in [0.15, 0.2) is 0 Å². The molecule has 0 saturated heterocycles. The zero-order valence-corrected chi connectivity index (χ0v) is 14.1. The summed E-state index contributed by atoms with van der Waals surface area (Å²) < 4.78 is 38.2. The molecule has 0 radical (unpaired) electrons. The SMILES string of the molecule is CN1C2C=CC(NC(=O)c3cccc(C(F)(F)F)n3)=CC2=CN1CC(=O)O. The van der Waals surface area contributed by atoms with Crippen molar-refractivity contribution in [1.82, 2.24) is 20.3 Å². The van der Waals surface area contributed by atoms with Gasteiger partial charge in [-0.25, -0.2) is 9.99 Å². The van der Waals surface area contributed by atoms with Gasteiger partial charge < -0.3 is 15.4 Å². The molecule has 0 saturated carbocycles. The van der Waals surface area contributed by atoms with Gasteiger partial charge in [0, 0.05) is 18.9 Å². The second-order valence-electron chi connectivity index (χ2n) is 5.96. The number of hydrazine groups is 1. The third-order valence-corrected chi connectivity index (χ3v) is 4.05. The Labute approximate surface area is 152 Å². The Morgan fingerprint density at radius 1 is 1.33 bits per heavy atom. The molecule has 1 atom stereocenters. The molecule has 7 nitrogen and oxygen atoms in total. The molecule has 0 spiro atoms. The van der Waals surface area contributed by atoms with Gasteiger partial charge in [0.1, 0.15) is 17.9 Å². The van der Waals surface area contributed by atoms with Crippen LogP contribution in [0.2, 0.25) is 0 Å². The van der Waals surface area contributed by atoms with Gasteiger partial charge in [-0.3, -0.25) is 9.59 Å². The van der Waals surface area contributed by atoms with Crippen LogP contribution >= 0.6 is 0 Å². The largest absolute Gasteiger partial charge is 0.480 e. The number of pyridine rings is 1. The highest BCUT2D eigenvalue weighted by Crippen LogP contribution is 2.28. The molecule has 1 aliphatic carbocycles. The van der Waals surface area contributed by atoms with E-state index in [9.17, 15) is 22.8 Å². The van der Waals surface area contributed by atoms with Crippen molar-refractivity contribution >= 4 is 11.9 Å². The lowest BCUT2D eigenvalue weighted by molar-refractivity contribution is -0.141. The summed E-state index contributed by atoms with van der Waals surface area (Å²) in [6.07, 6.45) is 1.99. The summed E-state index contributed by atoms with van der Waals surface area (Å²) in [4.78, 5) is 26.5. The van der Waals surface area contributed by atoms with Crippen LogP contribution in [0.25, 0.3) is 0 Å². The molecule has 1 unspecified atom stereocenters. The predicted octanol–water partition coefficient (Wildman–Crippen LogP) is 1.78. The van der Waals surface area contributed by atoms with Gasteiger partial charge >= 0.3 is 12.1 Å². The smallest absolute Gasteiger partial charge is 0.433 e. The summed E-state index contributed by atoms with van der Waals surface area (Å²) >= 11 is 0. The number of aromatic nitrogens is 1. The first kappa shape index (κ1) is 18.6. The third kappa shape index (κ3) is 4.00. The average molecular weight is 380 g/mol. The lowest BCUT2D eigenvalue weighted by Crippen LogP contribution is -2.40. The Morgan fingerprint density at radius 3 is 2.74 bits per heavy atom. The van der Waals surface area contributed by atoms with Crippen molar-refractivity contribution in [3.63, 3.8) is 0 Å². The number of carbonyl (C=O) groups excluding carboxylic acids is 1. The zero-order chi connectivity index (χ0) is 19.8. The van der Waals surface area contributed by atoms with Crippen molar-refractivity contribution < 1.29 is 27.9 Å². The Hall–Kier alpha value is -3.14. The molecule has 2 N–H and O–H groups in total. The number of nitrogens with one attached hydrogen (secondary N) is 1. The van der Waals surface area contributed by atoms with Crippen LogP contribution in [0, 0.1) is 0 Å². The molecular formula is C17H15F3N4O3. The van der Waals surface area contributed by atoms with Crippen LogP contribution in [-0.2, 0) is 11.0 Å². The quantitative estimate of drug-likeness (QED) is 0.828. The molecule has 10 heteroatoms. The second kappa shape index (κ2) is 6.88. The van der Waals surface area contributed by atoms with Crippen molar-refractivity contribution in [2.24, 2.45) is 0 Å². The fourth-order valence-electron chi connectivity index (χ4n) is 2.78. The van der Waals surface area contributed by atoms with Crippen molar-refractivity contribution in [3.8, 4) is 0 Å². The number of carbonyl (C=O) groups is 2. The number of hydrogen-bond acceptors (Lipinski definition) is 5. The number of carboxylic acids is 1. The number of rotatable bonds is 4. The maximum absolute atomic E-state index is 12.7. The first-order valence-electron chi connectivity index (χ1n) is 7.83. The number of likely N-dealkylation sites (N-methyl/N-ethyl adjacent to an activating group) is 1. The van der Waals surface area contributed by atoms with E-state index in [1.165, 1.54) is 11.1 Å². The topological polar surface area (TPSA) is 85.8 Å². The molecule has 2 heterocycles. The zero-order valence-electron chi connectivity index (χ0n) is 14.1. The highest BCUT2D eigenvalue weighted by Gasteiger charge is 2.33. The standard InChI is InChI=1S/C17H15F3N4O3/c1-23-13-6-5-11(7-10(13)8-24(23)9-15(25)26)21-16(27)12-3-2-4-14(22-12)17(18,19)20/h2-8,13H,9H2,1H3,(H,21,27)(H,25,26). The number of alkyl halides is 3. The minimum Gasteiger partial charge on any atom is -0.480 e. The van der Waals surface area contributed by atoms with Gasteiger partial charge in [0.2, 0.25) is 0 Å². The second-order valence-corrected chi connectivity index (χ2v) is 5.96. The van der Waals surface area contributed by atoms with E-state index in [2.05, 4.69) is 10.3 Å². The minimum absolute atomic E-state index is 0.184. The van der Waals surface area contributed by atoms with E-state index in [-0.39, 0.29) is 18.3 Å². The van der Waals surface area contributed by atoms with Crippen molar-refractivity contribution in [2.45, 2.75) is 12.2 Å². The van der Waals surface area contributed by atoms with E-state index in [1.54, 1.807) is 36.5 Å². The van der Waals surface area contributed by atoms with E-state index in [0.29, 0.717) is 5.70 Å².